The number of H-pyrrole nitrogens is 1. The quantitative estimate of drug-likeness (QED) is 0.465. The molecule has 3 rings (SSSR count). The minimum absolute atomic E-state index is 0.132. The van der Waals surface area contributed by atoms with Crippen LogP contribution in [0.2, 0.25) is 0 Å². The first-order valence-electron chi connectivity index (χ1n) is 9.21. The van der Waals surface area contributed by atoms with E-state index in [9.17, 15) is 4.79 Å². The van der Waals surface area contributed by atoms with Crippen molar-refractivity contribution in [3.8, 4) is 5.75 Å². The number of ether oxygens (including phenoxy) is 1. The van der Waals surface area contributed by atoms with Crippen molar-refractivity contribution in [3.63, 3.8) is 0 Å². The summed E-state index contributed by atoms with van der Waals surface area (Å²) in [6, 6.07) is 17.6. The van der Waals surface area contributed by atoms with Gasteiger partial charge >= 0.3 is 0 Å². The van der Waals surface area contributed by atoms with Crippen molar-refractivity contribution in [1.82, 2.24) is 15.6 Å². The zero-order valence-electron chi connectivity index (χ0n) is 16.1. The first-order valence-corrected chi connectivity index (χ1v) is 9.21. The maximum absolute atomic E-state index is 12.0. The van der Waals surface area contributed by atoms with Gasteiger partial charge in [0.1, 0.15) is 12.4 Å². The lowest BCUT2D eigenvalue weighted by atomic mass is 10.1. The number of aromatic nitrogens is 2. The zero-order chi connectivity index (χ0) is 19.8. The molecule has 6 heteroatoms. The first kappa shape index (κ1) is 19.4. The Morgan fingerprint density at radius 3 is 2.75 bits per heavy atom. The van der Waals surface area contributed by atoms with Crippen LogP contribution in [-0.4, -0.2) is 22.3 Å². The van der Waals surface area contributed by atoms with Gasteiger partial charge in [0.05, 0.1) is 11.9 Å². The van der Waals surface area contributed by atoms with Gasteiger partial charge in [-0.25, -0.2) is 5.43 Å². The molecular weight excluding hydrogens is 352 g/mol. The molecule has 0 aliphatic rings. The van der Waals surface area contributed by atoms with E-state index < -0.39 is 0 Å². The monoisotopic (exact) mass is 376 g/mol. The summed E-state index contributed by atoms with van der Waals surface area (Å²) in [6.45, 7) is 4.39. The number of nitrogens with zero attached hydrogens (tertiary/aromatic N) is 2. The molecule has 0 aliphatic carbocycles. The van der Waals surface area contributed by atoms with Crippen molar-refractivity contribution in [2.75, 3.05) is 0 Å². The number of carbonyl (C=O) groups is 1. The molecule has 6 nitrogen and oxygen atoms in total. The van der Waals surface area contributed by atoms with Crippen LogP contribution in [0.5, 0.6) is 5.75 Å². The minimum atomic E-state index is -0.132. The van der Waals surface area contributed by atoms with Gasteiger partial charge in [0.15, 0.2) is 0 Å². The SMILES string of the molecule is Cc1n[nH]c(C)c1CCC(=O)NN=Cc1cccc(OCc2ccccc2)c1. The molecule has 1 aromatic heterocycles. The van der Waals surface area contributed by atoms with Gasteiger partial charge in [0.25, 0.3) is 0 Å². The van der Waals surface area contributed by atoms with E-state index >= 15 is 0 Å². The van der Waals surface area contributed by atoms with Crippen molar-refractivity contribution in [2.45, 2.75) is 33.3 Å². The summed E-state index contributed by atoms with van der Waals surface area (Å²) in [5, 5.41) is 11.1. The van der Waals surface area contributed by atoms with E-state index in [1.807, 2.05) is 68.4 Å². The number of aryl methyl sites for hydroxylation is 2. The standard InChI is InChI=1S/C22H24N4O2/c1-16-21(17(2)25-24-16)11-12-22(27)26-23-14-19-9-6-10-20(13-19)28-15-18-7-4-3-5-8-18/h3-10,13-14H,11-12,15H2,1-2H3,(H,24,25)(H,26,27). The van der Waals surface area contributed by atoms with Crippen LogP contribution in [0.25, 0.3) is 0 Å². The van der Waals surface area contributed by atoms with Gasteiger partial charge in [-0.2, -0.15) is 10.2 Å². The van der Waals surface area contributed by atoms with Gasteiger partial charge in [-0.15, -0.1) is 0 Å². The highest BCUT2D eigenvalue weighted by Gasteiger charge is 2.08. The molecule has 2 N–H and O–H groups in total. The Hall–Kier alpha value is -3.41. The Morgan fingerprint density at radius 1 is 1.18 bits per heavy atom. The van der Waals surface area contributed by atoms with Crippen LogP contribution >= 0.6 is 0 Å². The number of benzene rings is 2. The lowest BCUT2D eigenvalue weighted by Crippen LogP contribution is -2.18. The molecule has 28 heavy (non-hydrogen) atoms. The number of hydrogen-bond donors (Lipinski definition) is 2. The molecule has 0 aliphatic heterocycles. The van der Waals surface area contributed by atoms with Gasteiger partial charge in [-0.05, 0) is 49.1 Å². The molecular formula is C22H24N4O2. The fourth-order valence-electron chi connectivity index (χ4n) is 2.84. The summed E-state index contributed by atoms with van der Waals surface area (Å²) in [5.74, 6) is 0.623. The van der Waals surface area contributed by atoms with Crippen molar-refractivity contribution >= 4 is 12.1 Å². The fourth-order valence-corrected chi connectivity index (χ4v) is 2.84. The summed E-state index contributed by atoms with van der Waals surface area (Å²) >= 11 is 0. The molecule has 2 aromatic carbocycles. The summed E-state index contributed by atoms with van der Waals surface area (Å²) in [7, 11) is 0. The summed E-state index contributed by atoms with van der Waals surface area (Å²) in [4.78, 5) is 12.0. The molecule has 0 fully saturated rings. The van der Waals surface area contributed by atoms with E-state index in [2.05, 4.69) is 20.7 Å². The predicted molar refractivity (Wildman–Crippen MR) is 109 cm³/mol. The molecule has 0 saturated heterocycles. The lowest BCUT2D eigenvalue weighted by molar-refractivity contribution is -0.121. The smallest absolute Gasteiger partial charge is 0.240 e. The van der Waals surface area contributed by atoms with Crippen molar-refractivity contribution in [2.24, 2.45) is 5.10 Å². The third kappa shape index (κ3) is 5.54. The average molecular weight is 376 g/mol. The predicted octanol–water partition coefficient (Wildman–Crippen LogP) is 3.69. The van der Waals surface area contributed by atoms with Crippen LogP contribution in [0, 0.1) is 13.8 Å². The van der Waals surface area contributed by atoms with Crippen LogP contribution in [-0.2, 0) is 17.8 Å². The summed E-state index contributed by atoms with van der Waals surface area (Å²) < 4.78 is 5.80. The van der Waals surface area contributed by atoms with Gasteiger partial charge in [-0.3, -0.25) is 9.89 Å². The van der Waals surface area contributed by atoms with Crippen LogP contribution in [0.4, 0.5) is 0 Å². The van der Waals surface area contributed by atoms with Crippen LogP contribution in [0.15, 0.2) is 59.7 Å². The van der Waals surface area contributed by atoms with Crippen molar-refractivity contribution in [1.29, 1.82) is 0 Å². The van der Waals surface area contributed by atoms with Gasteiger partial charge < -0.3 is 4.74 Å². The molecule has 0 radical (unpaired) electrons. The largest absolute Gasteiger partial charge is 0.489 e. The van der Waals surface area contributed by atoms with Crippen molar-refractivity contribution < 1.29 is 9.53 Å². The van der Waals surface area contributed by atoms with Crippen LogP contribution in [0.3, 0.4) is 0 Å². The third-order valence-corrected chi connectivity index (χ3v) is 4.39. The number of rotatable bonds is 8. The number of hydrogen-bond acceptors (Lipinski definition) is 4. The maximum Gasteiger partial charge on any atom is 0.240 e. The minimum Gasteiger partial charge on any atom is -0.489 e. The summed E-state index contributed by atoms with van der Waals surface area (Å²) in [5.41, 5.74) is 7.55. The van der Waals surface area contributed by atoms with Crippen LogP contribution < -0.4 is 10.2 Å². The molecule has 0 spiro atoms. The van der Waals surface area contributed by atoms with Crippen LogP contribution in [0.1, 0.15) is 34.5 Å². The Morgan fingerprint density at radius 2 is 2.00 bits per heavy atom. The highest BCUT2D eigenvalue weighted by molar-refractivity contribution is 5.82. The van der Waals surface area contributed by atoms with E-state index in [1.165, 1.54) is 0 Å². The van der Waals surface area contributed by atoms with E-state index in [4.69, 9.17) is 4.74 Å². The molecule has 0 atom stereocenters. The molecule has 0 bridgehead atoms. The first-order chi connectivity index (χ1) is 13.6. The second-order valence-corrected chi connectivity index (χ2v) is 6.55. The fraction of sp³-hybridized carbons (Fsp3) is 0.227. The molecule has 0 saturated carbocycles. The lowest BCUT2D eigenvalue weighted by Gasteiger charge is -2.06. The summed E-state index contributed by atoms with van der Waals surface area (Å²) in [6.07, 6.45) is 2.61. The maximum atomic E-state index is 12.0. The zero-order valence-corrected chi connectivity index (χ0v) is 16.1. The number of aromatic amines is 1. The van der Waals surface area contributed by atoms with Gasteiger partial charge in [0.2, 0.25) is 5.91 Å². The second-order valence-electron chi connectivity index (χ2n) is 6.55. The number of hydrazone groups is 1. The van der Waals surface area contributed by atoms with Crippen molar-refractivity contribution in [3.05, 3.63) is 82.7 Å². The second kappa shape index (κ2) is 9.50. The Labute approximate surface area is 164 Å². The molecule has 1 amide bonds. The molecule has 1 heterocycles. The van der Waals surface area contributed by atoms with E-state index in [-0.39, 0.29) is 5.91 Å². The number of amides is 1. The van der Waals surface area contributed by atoms with Gasteiger partial charge in [0, 0.05) is 12.1 Å². The Kier molecular flexibility index (Phi) is 6.57. The van der Waals surface area contributed by atoms with E-state index in [0.29, 0.717) is 19.4 Å². The van der Waals surface area contributed by atoms with E-state index in [1.54, 1.807) is 6.21 Å². The van der Waals surface area contributed by atoms with E-state index in [0.717, 1.165) is 33.8 Å². The molecule has 3 aromatic rings. The Balaban J connectivity index is 1.48. The topological polar surface area (TPSA) is 79.4 Å². The number of nitrogens with one attached hydrogen (secondary N) is 2. The molecule has 0 unspecified atom stereocenters. The normalized spacial score (nSPS) is 10.9. The average Bonchev–Trinajstić information content (AvgIpc) is 3.03. The Bertz CT molecular complexity index is 929. The molecule has 144 valence electrons. The number of carbonyl (C=O) groups excluding carboxylic acids is 1. The third-order valence-electron chi connectivity index (χ3n) is 4.39. The van der Waals surface area contributed by atoms with Gasteiger partial charge in [-0.1, -0.05) is 42.5 Å². The highest BCUT2D eigenvalue weighted by Crippen LogP contribution is 2.14. The highest BCUT2D eigenvalue weighted by atomic mass is 16.5.